The molecule has 0 atom stereocenters. The smallest absolute Gasteiger partial charge is 0.131 e. The molecule has 0 radical (unpaired) electrons. The summed E-state index contributed by atoms with van der Waals surface area (Å²) in [6.07, 6.45) is 0. The monoisotopic (exact) mass is 405 g/mol. The summed E-state index contributed by atoms with van der Waals surface area (Å²) in [4.78, 5) is 0. The largest absolute Gasteiger partial charge is 0.457 e. The van der Waals surface area contributed by atoms with Crippen LogP contribution in [0.5, 0.6) is 11.5 Å². The van der Waals surface area contributed by atoms with Gasteiger partial charge in [-0.05, 0) is 53.2 Å². The molecule has 3 aromatic carbocycles. The predicted molar refractivity (Wildman–Crippen MR) is 93.8 cm³/mol. The van der Waals surface area contributed by atoms with Gasteiger partial charge >= 0.3 is 0 Å². The van der Waals surface area contributed by atoms with Gasteiger partial charge in [0.1, 0.15) is 11.5 Å². The van der Waals surface area contributed by atoms with Crippen molar-refractivity contribution in [3.8, 4) is 11.5 Å². The molecule has 2 N–H and O–H groups in total. The van der Waals surface area contributed by atoms with Crippen LogP contribution in [-0.4, -0.2) is 0 Å². The van der Waals surface area contributed by atoms with E-state index in [9.17, 15) is 0 Å². The molecular formula is C17H13Br2NO. The van der Waals surface area contributed by atoms with Crippen molar-refractivity contribution in [1.82, 2.24) is 0 Å². The van der Waals surface area contributed by atoms with E-state index in [0.717, 1.165) is 31.4 Å². The van der Waals surface area contributed by atoms with Gasteiger partial charge in [-0.1, -0.05) is 44.0 Å². The van der Waals surface area contributed by atoms with Gasteiger partial charge in [0.05, 0.1) is 0 Å². The molecule has 0 saturated heterocycles. The van der Waals surface area contributed by atoms with Crippen LogP contribution in [0.3, 0.4) is 0 Å². The first-order valence-electron chi connectivity index (χ1n) is 6.51. The number of ether oxygens (including phenoxy) is 1. The molecule has 2 nitrogen and oxygen atoms in total. The molecule has 0 heterocycles. The molecule has 3 aromatic rings. The van der Waals surface area contributed by atoms with Crippen molar-refractivity contribution in [2.45, 2.75) is 6.54 Å². The summed E-state index contributed by atoms with van der Waals surface area (Å²) in [7, 11) is 0. The van der Waals surface area contributed by atoms with Crippen LogP contribution >= 0.6 is 31.9 Å². The minimum Gasteiger partial charge on any atom is -0.457 e. The Morgan fingerprint density at radius 3 is 2.29 bits per heavy atom. The van der Waals surface area contributed by atoms with E-state index in [1.165, 1.54) is 5.39 Å². The van der Waals surface area contributed by atoms with E-state index in [4.69, 9.17) is 10.5 Å². The van der Waals surface area contributed by atoms with Crippen LogP contribution in [0.2, 0.25) is 0 Å². The van der Waals surface area contributed by atoms with Gasteiger partial charge in [0.25, 0.3) is 0 Å². The van der Waals surface area contributed by atoms with E-state index in [-0.39, 0.29) is 0 Å². The van der Waals surface area contributed by atoms with Crippen molar-refractivity contribution in [2.24, 2.45) is 5.73 Å². The molecule has 4 heteroatoms. The van der Waals surface area contributed by atoms with Gasteiger partial charge in [0.15, 0.2) is 0 Å². The zero-order chi connectivity index (χ0) is 14.8. The van der Waals surface area contributed by atoms with Crippen LogP contribution in [0.1, 0.15) is 5.56 Å². The van der Waals surface area contributed by atoms with Gasteiger partial charge < -0.3 is 10.5 Å². The molecule has 0 spiro atoms. The molecule has 0 aromatic heterocycles. The second-order valence-corrected chi connectivity index (χ2v) is 6.54. The van der Waals surface area contributed by atoms with Crippen molar-refractivity contribution in [1.29, 1.82) is 0 Å². The third-order valence-corrected chi connectivity index (χ3v) is 4.23. The number of rotatable bonds is 3. The van der Waals surface area contributed by atoms with Gasteiger partial charge in [0, 0.05) is 21.1 Å². The Balaban J connectivity index is 1.96. The fourth-order valence-corrected chi connectivity index (χ4v) is 2.98. The van der Waals surface area contributed by atoms with E-state index in [1.54, 1.807) is 0 Å². The molecule has 106 valence electrons. The van der Waals surface area contributed by atoms with Crippen molar-refractivity contribution in [3.05, 3.63) is 69.1 Å². The molecule has 0 bridgehead atoms. The number of hydrogen-bond donors (Lipinski definition) is 1. The van der Waals surface area contributed by atoms with Crippen LogP contribution in [0.4, 0.5) is 0 Å². The number of benzene rings is 3. The minimum atomic E-state index is 0.440. The zero-order valence-electron chi connectivity index (χ0n) is 11.1. The number of fused-ring (bicyclic) bond motifs is 1. The first-order valence-corrected chi connectivity index (χ1v) is 8.10. The molecule has 0 saturated carbocycles. The fraction of sp³-hybridized carbons (Fsp3) is 0.0588. The minimum absolute atomic E-state index is 0.440. The third-order valence-electron chi connectivity index (χ3n) is 3.24. The highest BCUT2D eigenvalue weighted by Crippen LogP contribution is 2.30. The van der Waals surface area contributed by atoms with Crippen LogP contribution in [0.25, 0.3) is 10.8 Å². The Hall–Kier alpha value is -1.36. The molecule has 3 rings (SSSR count). The summed E-state index contributed by atoms with van der Waals surface area (Å²) >= 11 is 6.93. The maximum absolute atomic E-state index is 5.98. The quantitative estimate of drug-likeness (QED) is 0.612. The van der Waals surface area contributed by atoms with Crippen LogP contribution in [-0.2, 0) is 6.54 Å². The maximum atomic E-state index is 5.98. The molecule has 21 heavy (non-hydrogen) atoms. The Labute approximate surface area is 140 Å². The first-order chi connectivity index (χ1) is 10.2. The summed E-state index contributed by atoms with van der Waals surface area (Å²) in [5.41, 5.74) is 6.75. The predicted octanol–water partition coefficient (Wildman–Crippen LogP) is 5.62. The summed E-state index contributed by atoms with van der Waals surface area (Å²) < 4.78 is 8.05. The lowest BCUT2D eigenvalue weighted by molar-refractivity contribution is 0.477. The van der Waals surface area contributed by atoms with Gasteiger partial charge in [-0.3, -0.25) is 0 Å². The molecule has 0 unspecified atom stereocenters. The number of nitrogens with two attached hydrogens (primary N) is 1. The molecule has 0 amide bonds. The van der Waals surface area contributed by atoms with E-state index in [0.29, 0.717) is 6.54 Å². The standard InChI is InChI=1S/C17H13Br2NO/c18-14-3-1-12-9-16(5-2-11(12)7-14)21-17-6-4-15(19)8-13(17)10-20/h1-9H,10,20H2. The van der Waals surface area contributed by atoms with E-state index < -0.39 is 0 Å². The van der Waals surface area contributed by atoms with Gasteiger partial charge in [0.2, 0.25) is 0 Å². The van der Waals surface area contributed by atoms with Gasteiger partial charge in [-0.25, -0.2) is 0 Å². The average molecular weight is 407 g/mol. The van der Waals surface area contributed by atoms with Crippen molar-refractivity contribution < 1.29 is 4.74 Å². The highest BCUT2D eigenvalue weighted by atomic mass is 79.9. The molecule has 0 fully saturated rings. The van der Waals surface area contributed by atoms with E-state index in [2.05, 4.69) is 50.1 Å². The van der Waals surface area contributed by atoms with Gasteiger partial charge in [-0.15, -0.1) is 0 Å². The van der Waals surface area contributed by atoms with Crippen LogP contribution in [0, 0.1) is 0 Å². The van der Waals surface area contributed by atoms with Crippen molar-refractivity contribution >= 4 is 42.6 Å². The third kappa shape index (κ3) is 3.28. The van der Waals surface area contributed by atoms with E-state index in [1.807, 2.05) is 36.4 Å². The molecule has 0 aliphatic heterocycles. The second kappa shape index (κ2) is 6.18. The molecular weight excluding hydrogens is 394 g/mol. The number of halogens is 2. The Kier molecular flexibility index (Phi) is 4.29. The zero-order valence-corrected chi connectivity index (χ0v) is 14.3. The van der Waals surface area contributed by atoms with E-state index >= 15 is 0 Å². The fourth-order valence-electron chi connectivity index (χ4n) is 2.19. The van der Waals surface area contributed by atoms with Crippen LogP contribution in [0.15, 0.2) is 63.5 Å². The lowest BCUT2D eigenvalue weighted by Gasteiger charge is -2.11. The lowest BCUT2D eigenvalue weighted by Crippen LogP contribution is -1.99. The topological polar surface area (TPSA) is 35.2 Å². The normalized spacial score (nSPS) is 10.8. The lowest BCUT2D eigenvalue weighted by atomic mass is 10.1. The first kappa shape index (κ1) is 14.6. The highest BCUT2D eigenvalue weighted by Gasteiger charge is 2.05. The maximum Gasteiger partial charge on any atom is 0.131 e. The SMILES string of the molecule is NCc1cc(Br)ccc1Oc1ccc2cc(Br)ccc2c1. The Morgan fingerprint density at radius 2 is 1.48 bits per heavy atom. The highest BCUT2D eigenvalue weighted by molar-refractivity contribution is 9.10. The Morgan fingerprint density at radius 1 is 0.810 bits per heavy atom. The van der Waals surface area contributed by atoms with Crippen LogP contribution < -0.4 is 10.5 Å². The number of hydrogen-bond acceptors (Lipinski definition) is 2. The molecule has 0 aliphatic carbocycles. The summed E-state index contributed by atoms with van der Waals surface area (Å²) in [6, 6.07) is 18.1. The van der Waals surface area contributed by atoms with Crippen molar-refractivity contribution in [2.75, 3.05) is 0 Å². The summed E-state index contributed by atoms with van der Waals surface area (Å²) in [6.45, 7) is 0.440. The molecule has 0 aliphatic rings. The van der Waals surface area contributed by atoms with Crippen molar-refractivity contribution in [3.63, 3.8) is 0 Å². The summed E-state index contributed by atoms with van der Waals surface area (Å²) in [5, 5.41) is 2.31. The Bertz CT molecular complexity index is 802. The summed E-state index contributed by atoms with van der Waals surface area (Å²) in [5.74, 6) is 1.60. The second-order valence-electron chi connectivity index (χ2n) is 4.71. The van der Waals surface area contributed by atoms with Gasteiger partial charge in [-0.2, -0.15) is 0 Å². The average Bonchev–Trinajstić information content (AvgIpc) is 2.49.